The summed E-state index contributed by atoms with van der Waals surface area (Å²) in [6, 6.07) is 0. The summed E-state index contributed by atoms with van der Waals surface area (Å²) in [6.45, 7) is 10.1. The monoisotopic (exact) mass is 415 g/mol. The predicted octanol–water partition coefficient (Wildman–Crippen LogP) is 6.20. The van der Waals surface area contributed by atoms with Crippen LogP contribution in [0.5, 0.6) is 0 Å². The Hall–Kier alpha value is -1.94. The Labute approximate surface area is 183 Å². The molecule has 0 radical (unpaired) electrons. The van der Waals surface area contributed by atoms with Crippen LogP contribution in [0.4, 0.5) is 0 Å². The zero-order chi connectivity index (χ0) is 22.2. The second kappa shape index (κ2) is 15.8. The molecule has 1 aliphatic rings. The van der Waals surface area contributed by atoms with E-state index in [0.717, 1.165) is 57.8 Å². The highest BCUT2D eigenvalue weighted by Crippen LogP contribution is 2.22. The fourth-order valence-corrected chi connectivity index (χ4v) is 3.73. The first-order valence-corrected chi connectivity index (χ1v) is 11.4. The van der Waals surface area contributed by atoms with Crippen molar-refractivity contribution in [3.63, 3.8) is 0 Å². The van der Waals surface area contributed by atoms with Gasteiger partial charge in [0.25, 0.3) is 0 Å². The summed E-state index contributed by atoms with van der Waals surface area (Å²) in [5.41, 5.74) is 2.64. The fraction of sp³-hybridized carbons (Fsp3) is 0.615. The molecule has 1 aliphatic heterocycles. The maximum Gasteiger partial charge on any atom is 0.226 e. The van der Waals surface area contributed by atoms with Gasteiger partial charge in [-0.1, -0.05) is 48.5 Å². The van der Waals surface area contributed by atoms with Crippen LogP contribution in [-0.2, 0) is 14.3 Å². The van der Waals surface area contributed by atoms with Crippen molar-refractivity contribution in [2.45, 2.75) is 90.1 Å². The number of imide groups is 1. The Morgan fingerprint density at radius 3 is 2.57 bits per heavy atom. The van der Waals surface area contributed by atoms with E-state index in [4.69, 9.17) is 4.74 Å². The van der Waals surface area contributed by atoms with Crippen LogP contribution in [0.3, 0.4) is 0 Å². The highest BCUT2D eigenvalue weighted by atomic mass is 16.5. The minimum atomic E-state index is -0.130. The van der Waals surface area contributed by atoms with E-state index >= 15 is 0 Å². The van der Waals surface area contributed by atoms with Crippen LogP contribution in [0, 0.1) is 5.92 Å². The topological polar surface area (TPSA) is 55.4 Å². The van der Waals surface area contributed by atoms with Gasteiger partial charge in [0.2, 0.25) is 11.8 Å². The predicted molar refractivity (Wildman–Crippen MR) is 125 cm³/mol. The lowest BCUT2D eigenvalue weighted by atomic mass is 9.90. The number of amides is 2. The molecular weight excluding hydrogens is 374 g/mol. The molecule has 1 rings (SSSR count). The highest BCUT2D eigenvalue weighted by molar-refractivity contribution is 5.97. The molecule has 0 aromatic heterocycles. The lowest BCUT2D eigenvalue weighted by molar-refractivity contribution is -0.134. The molecule has 168 valence electrons. The van der Waals surface area contributed by atoms with Gasteiger partial charge in [-0.25, -0.2) is 0 Å². The van der Waals surface area contributed by atoms with E-state index in [2.05, 4.69) is 43.6 Å². The number of carbonyl (C=O) groups is 2. The number of rotatable bonds is 16. The molecule has 0 spiro atoms. The van der Waals surface area contributed by atoms with Gasteiger partial charge in [-0.15, -0.1) is 6.58 Å². The average molecular weight is 416 g/mol. The third-order valence-electron chi connectivity index (χ3n) is 5.61. The molecule has 1 fully saturated rings. The molecular formula is C26H41NO3. The zero-order valence-electron chi connectivity index (χ0n) is 19.1. The molecule has 0 saturated carbocycles. The summed E-state index contributed by atoms with van der Waals surface area (Å²) < 4.78 is 5.53. The molecule has 1 saturated heterocycles. The van der Waals surface area contributed by atoms with Crippen LogP contribution in [0.25, 0.3) is 0 Å². The summed E-state index contributed by atoms with van der Waals surface area (Å²) >= 11 is 0. The van der Waals surface area contributed by atoms with Crippen molar-refractivity contribution in [2.75, 3.05) is 7.11 Å². The van der Waals surface area contributed by atoms with Crippen molar-refractivity contribution in [2.24, 2.45) is 5.92 Å². The van der Waals surface area contributed by atoms with E-state index in [-0.39, 0.29) is 23.8 Å². The Bertz CT molecular complexity index is 602. The second-order valence-electron chi connectivity index (χ2n) is 8.46. The number of ether oxygens (including phenoxy) is 1. The van der Waals surface area contributed by atoms with Gasteiger partial charge < -0.3 is 4.74 Å². The van der Waals surface area contributed by atoms with Crippen LogP contribution in [-0.4, -0.2) is 25.0 Å². The molecule has 1 N–H and O–H groups in total. The third kappa shape index (κ3) is 12.6. The average Bonchev–Trinajstić information content (AvgIpc) is 2.70. The van der Waals surface area contributed by atoms with E-state index in [1.807, 2.05) is 6.08 Å². The summed E-state index contributed by atoms with van der Waals surface area (Å²) in [4.78, 5) is 22.8. The SMILES string of the molecule is C=CCC/C=C/C(CCCC/C(C)=C/CC(=C)CCCC1CC(=O)NC(=O)C1)OC. The highest BCUT2D eigenvalue weighted by Gasteiger charge is 2.24. The van der Waals surface area contributed by atoms with Crippen LogP contribution in [0.1, 0.15) is 84.0 Å². The van der Waals surface area contributed by atoms with E-state index in [9.17, 15) is 9.59 Å². The number of allylic oxidation sites excluding steroid dienone is 5. The molecule has 4 heteroatoms. The van der Waals surface area contributed by atoms with Crippen LogP contribution in [0.2, 0.25) is 0 Å². The second-order valence-corrected chi connectivity index (χ2v) is 8.46. The van der Waals surface area contributed by atoms with Crippen LogP contribution >= 0.6 is 0 Å². The van der Waals surface area contributed by atoms with Gasteiger partial charge in [0.1, 0.15) is 0 Å². The Morgan fingerprint density at radius 1 is 1.17 bits per heavy atom. The third-order valence-corrected chi connectivity index (χ3v) is 5.61. The molecule has 0 aromatic rings. The molecule has 4 nitrogen and oxygen atoms in total. The summed E-state index contributed by atoms with van der Waals surface area (Å²) in [7, 11) is 1.78. The number of hydrogen-bond acceptors (Lipinski definition) is 3. The van der Waals surface area contributed by atoms with Crippen LogP contribution < -0.4 is 5.32 Å². The maximum absolute atomic E-state index is 11.4. The number of hydrogen-bond donors (Lipinski definition) is 1. The standard InChI is InChI=1S/C26H41NO3/c1-5-6-7-8-15-24(30-4)16-10-9-12-21(2)17-18-22(3)13-11-14-23-19-25(28)27-26(29)20-23/h5,8,15,17,23-24H,1,3,6-7,9-14,16,18-20H2,2,4H3,(H,27,28,29)/b15-8+,21-17+. The molecule has 0 aromatic carbocycles. The van der Waals surface area contributed by atoms with E-state index in [1.54, 1.807) is 7.11 Å². The van der Waals surface area contributed by atoms with Crippen molar-refractivity contribution >= 4 is 11.8 Å². The van der Waals surface area contributed by atoms with Crippen molar-refractivity contribution in [1.29, 1.82) is 0 Å². The van der Waals surface area contributed by atoms with Gasteiger partial charge >= 0.3 is 0 Å². The molecule has 1 unspecified atom stereocenters. The first-order valence-electron chi connectivity index (χ1n) is 11.4. The number of methoxy groups -OCH3 is 1. The van der Waals surface area contributed by atoms with Gasteiger partial charge in [0.15, 0.2) is 0 Å². The zero-order valence-corrected chi connectivity index (χ0v) is 19.1. The first-order chi connectivity index (χ1) is 14.4. The molecule has 1 atom stereocenters. The van der Waals surface area contributed by atoms with Crippen LogP contribution in [0.15, 0.2) is 48.6 Å². The van der Waals surface area contributed by atoms with E-state index < -0.39 is 0 Å². The lowest BCUT2D eigenvalue weighted by Gasteiger charge is -2.20. The van der Waals surface area contributed by atoms with E-state index in [0.29, 0.717) is 12.8 Å². The fourth-order valence-electron chi connectivity index (χ4n) is 3.73. The number of carbonyl (C=O) groups excluding carboxylic acids is 2. The van der Waals surface area contributed by atoms with Crippen molar-refractivity contribution in [3.05, 3.63) is 48.6 Å². The summed E-state index contributed by atoms with van der Waals surface area (Å²) in [5.74, 6) is -0.0626. The number of nitrogens with one attached hydrogen (secondary N) is 1. The molecule has 0 aliphatic carbocycles. The minimum Gasteiger partial charge on any atom is -0.377 e. The number of unbranched alkanes of at least 4 members (excludes halogenated alkanes) is 2. The van der Waals surface area contributed by atoms with Gasteiger partial charge in [0, 0.05) is 20.0 Å². The molecule has 0 bridgehead atoms. The van der Waals surface area contributed by atoms with Gasteiger partial charge in [-0.05, 0) is 70.6 Å². The van der Waals surface area contributed by atoms with Gasteiger partial charge in [0.05, 0.1) is 6.10 Å². The normalized spacial score (nSPS) is 16.7. The van der Waals surface area contributed by atoms with E-state index in [1.165, 1.54) is 17.6 Å². The summed E-state index contributed by atoms with van der Waals surface area (Å²) in [5, 5.41) is 2.37. The number of piperidine rings is 1. The minimum absolute atomic E-state index is 0.130. The Kier molecular flexibility index (Phi) is 13.8. The maximum atomic E-state index is 11.4. The van der Waals surface area contributed by atoms with Crippen molar-refractivity contribution in [3.8, 4) is 0 Å². The van der Waals surface area contributed by atoms with Gasteiger partial charge in [-0.3, -0.25) is 14.9 Å². The molecule has 30 heavy (non-hydrogen) atoms. The Morgan fingerprint density at radius 2 is 1.90 bits per heavy atom. The quantitative estimate of drug-likeness (QED) is 0.185. The first kappa shape index (κ1) is 26.1. The molecule has 1 heterocycles. The smallest absolute Gasteiger partial charge is 0.226 e. The van der Waals surface area contributed by atoms with Crippen molar-refractivity contribution < 1.29 is 14.3 Å². The Balaban J connectivity index is 2.15. The lowest BCUT2D eigenvalue weighted by Crippen LogP contribution is -2.38. The molecule has 2 amide bonds. The van der Waals surface area contributed by atoms with Crippen molar-refractivity contribution in [1.82, 2.24) is 5.32 Å². The largest absolute Gasteiger partial charge is 0.377 e. The van der Waals surface area contributed by atoms with Gasteiger partial charge in [-0.2, -0.15) is 0 Å². The summed E-state index contributed by atoms with van der Waals surface area (Å²) in [6.07, 6.45) is 20.1.